The molecule has 64 valence electrons. The molecular weight excluding hydrogens is 151 g/mol. The standard InChI is InChI=1S/C11H13F/c1-11(2)7-6-8-9(11)4-3-5-10(8)12/h3-5H,6-7H2,1-2H3. The van der Waals surface area contributed by atoms with Gasteiger partial charge in [0.2, 0.25) is 0 Å². The maximum Gasteiger partial charge on any atom is 0.126 e. The summed E-state index contributed by atoms with van der Waals surface area (Å²) < 4.78 is 13.2. The van der Waals surface area contributed by atoms with Gasteiger partial charge in [0.1, 0.15) is 5.82 Å². The highest BCUT2D eigenvalue weighted by molar-refractivity contribution is 5.38. The second-order valence-corrected chi connectivity index (χ2v) is 4.15. The van der Waals surface area contributed by atoms with E-state index in [0.717, 1.165) is 18.4 Å². The Kier molecular flexibility index (Phi) is 1.50. The van der Waals surface area contributed by atoms with Crippen LogP contribution < -0.4 is 0 Å². The van der Waals surface area contributed by atoms with Crippen LogP contribution in [0.3, 0.4) is 0 Å². The largest absolute Gasteiger partial charge is 0.207 e. The Balaban J connectivity index is 2.61. The van der Waals surface area contributed by atoms with E-state index in [-0.39, 0.29) is 11.2 Å². The summed E-state index contributed by atoms with van der Waals surface area (Å²) in [6.07, 6.45) is 1.97. The van der Waals surface area contributed by atoms with Crippen LogP contribution in [0.15, 0.2) is 18.2 Å². The van der Waals surface area contributed by atoms with Crippen LogP contribution in [0, 0.1) is 5.82 Å². The number of benzene rings is 1. The minimum absolute atomic E-state index is 0.0296. The molecule has 0 fully saturated rings. The molecule has 2 rings (SSSR count). The van der Waals surface area contributed by atoms with Gasteiger partial charge >= 0.3 is 0 Å². The van der Waals surface area contributed by atoms with Crippen molar-refractivity contribution < 1.29 is 4.39 Å². The van der Waals surface area contributed by atoms with Crippen LogP contribution in [0.2, 0.25) is 0 Å². The first-order chi connectivity index (χ1) is 5.61. The van der Waals surface area contributed by atoms with Crippen LogP contribution in [0.4, 0.5) is 4.39 Å². The summed E-state index contributed by atoms with van der Waals surface area (Å²) in [5, 5.41) is 0. The summed E-state index contributed by atoms with van der Waals surface area (Å²) in [7, 11) is 0. The van der Waals surface area contributed by atoms with E-state index in [1.54, 1.807) is 12.1 Å². The molecule has 0 saturated carbocycles. The molecule has 1 aromatic rings. The molecule has 1 heteroatoms. The van der Waals surface area contributed by atoms with Crippen LogP contribution >= 0.6 is 0 Å². The predicted molar refractivity (Wildman–Crippen MR) is 47.7 cm³/mol. The van der Waals surface area contributed by atoms with Gasteiger partial charge in [0.05, 0.1) is 0 Å². The van der Waals surface area contributed by atoms with Crippen molar-refractivity contribution >= 4 is 0 Å². The topological polar surface area (TPSA) is 0 Å². The Morgan fingerprint density at radius 2 is 2.08 bits per heavy atom. The Morgan fingerprint density at radius 1 is 1.33 bits per heavy atom. The van der Waals surface area contributed by atoms with Crippen molar-refractivity contribution in [2.45, 2.75) is 32.1 Å². The first-order valence-electron chi connectivity index (χ1n) is 4.39. The van der Waals surface area contributed by atoms with Gasteiger partial charge < -0.3 is 0 Å². The molecule has 0 nitrogen and oxygen atoms in total. The molecule has 0 aromatic heterocycles. The lowest BCUT2D eigenvalue weighted by molar-refractivity contribution is 0.522. The van der Waals surface area contributed by atoms with Crippen molar-refractivity contribution in [2.24, 2.45) is 0 Å². The molecule has 0 atom stereocenters. The van der Waals surface area contributed by atoms with E-state index in [1.165, 1.54) is 5.56 Å². The molecule has 1 aromatic carbocycles. The van der Waals surface area contributed by atoms with E-state index < -0.39 is 0 Å². The highest BCUT2D eigenvalue weighted by Gasteiger charge is 2.30. The second kappa shape index (κ2) is 2.32. The molecule has 0 spiro atoms. The average molecular weight is 164 g/mol. The smallest absolute Gasteiger partial charge is 0.126 e. The third-order valence-corrected chi connectivity index (χ3v) is 2.85. The molecule has 0 bridgehead atoms. The van der Waals surface area contributed by atoms with E-state index in [0.29, 0.717) is 0 Å². The fourth-order valence-corrected chi connectivity index (χ4v) is 2.02. The van der Waals surface area contributed by atoms with Gasteiger partial charge in [-0.1, -0.05) is 26.0 Å². The highest BCUT2D eigenvalue weighted by atomic mass is 19.1. The van der Waals surface area contributed by atoms with Gasteiger partial charge in [0, 0.05) is 0 Å². The summed E-state index contributed by atoms with van der Waals surface area (Å²) in [6.45, 7) is 4.36. The molecule has 0 heterocycles. The minimum atomic E-state index is -0.0296. The quantitative estimate of drug-likeness (QED) is 0.553. The first kappa shape index (κ1) is 7.78. The van der Waals surface area contributed by atoms with E-state index in [1.807, 2.05) is 6.07 Å². The molecule has 0 aliphatic heterocycles. The van der Waals surface area contributed by atoms with Crippen LogP contribution in [0.25, 0.3) is 0 Å². The fourth-order valence-electron chi connectivity index (χ4n) is 2.02. The van der Waals surface area contributed by atoms with Crippen LogP contribution in [0.1, 0.15) is 31.4 Å². The third-order valence-electron chi connectivity index (χ3n) is 2.85. The van der Waals surface area contributed by atoms with Gasteiger partial charge in [-0.2, -0.15) is 0 Å². The lowest BCUT2D eigenvalue weighted by Gasteiger charge is -2.18. The van der Waals surface area contributed by atoms with Gasteiger partial charge in [-0.15, -0.1) is 0 Å². The molecule has 1 aliphatic carbocycles. The predicted octanol–water partition coefficient (Wildman–Crippen LogP) is 3.05. The summed E-state index contributed by atoms with van der Waals surface area (Å²) in [6, 6.07) is 5.41. The van der Waals surface area contributed by atoms with E-state index >= 15 is 0 Å². The number of fused-ring (bicyclic) bond motifs is 1. The van der Waals surface area contributed by atoms with Gasteiger partial charge in [-0.05, 0) is 35.4 Å². The van der Waals surface area contributed by atoms with Gasteiger partial charge in [-0.3, -0.25) is 0 Å². The van der Waals surface area contributed by atoms with Crippen LogP contribution in [0.5, 0.6) is 0 Å². The Bertz CT molecular complexity index is 313. The van der Waals surface area contributed by atoms with Crippen molar-refractivity contribution in [1.82, 2.24) is 0 Å². The summed E-state index contributed by atoms with van der Waals surface area (Å²) in [4.78, 5) is 0. The first-order valence-corrected chi connectivity index (χ1v) is 4.39. The van der Waals surface area contributed by atoms with E-state index in [2.05, 4.69) is 13.8 Å². The monoisotopic (exact) mass is 164 g/mol. The zero-order chi connectivity index (χ0) is 8.77. The Hall–Kier alpha value is -0.850. The van der Waals surface area contributed by atoms with Gasteiger partial charge in [0.15, 0.2) is 0 Å². The van der Waals surface area contributed by atoms with E-state index in [9.17, 15) is 4.39 Å². The molecular formula is C11H13F. The maximum absolute atomic E-state index is 13.2. The Morgan fingerprint density at radius 3 is 2.75 bits per heavy atom. The third kappa shape index (κ3) is 0.961. The van der Waals surface area contributed by atoms with Crippen molar-refractivity contribution in [1.29, 1.82) is 0 Å². The van der Waals surface area contributed by atoms with Crippen molar-refractivity contribution in [3.05, 3.63) is 35.1 Å². The SMILES string of the molecule is CC1(C)CCc2c(F)cccc21. The maximum atomic E-state index is 13.2. The Labute approximate surface area is 72.4 Å². The number of hydrogen-bond acceptors (Lipinski definition) is 0. The van der Waals surface area contributed by atoms with Gasteiger partial charge in [-0.25, -0.2) is 4.39 Å². The molecule has 0 amide bonds. The average Bonchev–Trinajstić information content (AvgIpc) is 2.30. The summed E-state index contributed by atoms with van der Waals surface area (Å²) in [5.74, 6) is -0.0296. The highest BCUT2D eigenvalue weighted by Crippen LogP contribution is 2.38. The lowest BCUT2D eigenvalue weighted by Crippen LogP contribution is -2.11. The molecule has 1 aliphatic rings. The summed E-state index contributed by atoms with van der Waals surface area (Å²) in [5.41, 5.74) is 2.31. The van der Waals surface area contributed by atoms with Crippen LogP contribution in [-0.2, 0) is 11.8 Å². The molecule has 0 saturated heterocycles. The zero-order valence-corrected chi connectivity index (χ0v) is 7.52. The number of rotatable bonds is 0. The molecule has 0 N–H and O–H groups in total. The minimum Gasteiger partial charge on any atom is -0.207 e. The molecule has 0 unspecified atom stereocenters. The fraction of sp³-hybridized carbons (Fsp3) is 0.455. The van der Waals surface area contributed by atoms with E-state index in [4.69, 9.17) is 0 Å². The normalized spacial score (nSPS) is 19.2. The number of halogens is 1. The second-order valence-electron chi connectivity index (χ2n) is 4.15. The summed E-state index contributed by atoms with van der Waals surface area (Å²) >= 11 is 0. The molecule has 0 radical (unpaired) electrons. The van der Waals surface area contributed by atoms with Crippen molar-refractivity contribution in [3.8, 4) is 0 Å². The lowest BCUT2D eigenvalue weighted by atomic mass is 9.87. The van der Waals surface area contributed by atoms with Crippen LogP contribution in [-0.4, -0.2) is 0 Å². The number of hydrogen-bond donors (Lipinski definition) is 0. The molecule has 12 heavy (non-hydrogen) atoms. The van der Waals surface area contributed by atoms with Crippen molar-refractivity contribution in [2.75, 3.05) is 0 Å². The zero-order valence-electron chi connectivity index (χ0n) is 7.52. The van der Waals surface area contributed by atoms with Crippen molar-refractivity contribution in [3.63, 3.8) is 0 Å². The van der Waals surface area contributed by atoms with Gasteiger partial charge in [0.25, 0.3) is 0 Å².